The zero-order valence-corrected chi connectivity index (χ0v) is 24.1. The third kappa shape index (κ3) is 7.91. The van der Waals surface area contributed by atoms with Crippen molar-refractivity contribution in [1.29, 1.82) is 0 Å². The van der Waals surface area contributed by atoms with Crippen LogP contribution in [0.1, 0.15) is 42.8 Å². The lowest BCUT2D eigenvalue weighted by molar-refractivity contribution is -0.123. The average molecular weight is 585 g/mol. The van der Waals surface area contributed by atoms with E-state index in [1.807, 2.05) is 44.2 Å². The van der Waals surface area contributed by atoms with Gasteiger partial charge < -0.3 is 10.6 Å². The van der Waals surface area contributed by atoms with Crippen LogP contribution in [0.4, 0.5) is 0 Å². The fourth-order valence-electron chi connectivity index (χ4n) is 3.79. The van der Waals surface area contributed by atoms with Gasteiger partial charge in [0.05, 0.1) is 9.90 Å². The van der Waals surface area contributed by atoms with Gasteiger partial charge in [-0.2, -0.15) is 0 Å². The second kappa shape index (κ2) is 13.1. The number of thiophene rings is 1. The third-order valence-electron chi connectivity index (χ3n) is 5.76. The van der Waals surface area contributed by atoms with Gasteiger partial charge in [0.2, 0.25) is 15.9 Å². The summed E-state index contributed by atoms with van der Waals surface area (Å²) >= 11 is 13.3. The van der Waals surface area contributed by atoms with Crippen LogP contribution >= 0.6 is 34.5 Å². The summed E-state index contributed by atoms with van der Waals surface area (Å²) < 4.78 is 27.8. The summed E-state index contributed by atoms with van der Waals surface area (Å²) in [6.45, 7) is 4.61. The van der Waals surface area contributed by atoms with Gasteiger partial charge >= 0.3 is 0 Å². The number of nitrogens with one attached hydrogen (secondary N) is 2. The summed E-state index contributed by atoms with van der Waals surface area (Å²) in [7, 11) is -2.27. The number of carbonyl (C=O) groups excluding carboxylic acids is 2. The van der Waals surface area contributed by atoms with Crippen LogP contribution in [0.3, 0.4) is 0 Å². The number of nitrogens with zero attached hydrogens (tertiary/aromatic N) is 1. The van der Waals surface area contributed by atoms with Crippen LogP contribution in [0.25, 0.3) is 10.1 Å². The van der Waals surface area contributed by atoms with Crippen molar-refractivity contribution < 1.29 is 18.0 Å². The first-order valence-electron chi connectivity index (χ1n) is 12.0. The Morgan fingerprint density at radius 1 is 1.05 bits per heavy atom. The van der Waals surface area contributed by atoms with Gasteiger partial charge in [0.15, 0.2) is 0 Å². The maximum absolute atomic E-state index is 12.9. The van der Waals surface area contributed by atoms with Gasteiger partial charge in [-0.05, 0) is 60.9 Å². The van der Waals surface area contributed by atoms with Crippen LogP contribution in [-0.2, 0) is 14.8 Å². The normalized spacial score (nSPS) is 12.7. The minimum atomic E-state index is -3.76. The number of benzene rings is 2. The molecule has 37 heavy (non-hydrogen) atoms. The Bertz CT molecular complexity index is 1330. The molecule has 0 aliphatic rings. The number of sulfonamides is 1. The van der Waals surface area contributed by atoms with E-state index in [-0.39, 0.29) is 34.2 Å². The van der Waals surface area contributed by atoms with E-state index in [2.05, 4.69) is 10.6 Å². The van der Waals surface area contributed by atoms with Crippen LogP contribution in [0.15, 0.2) is 53.4 Å². The Kier molecular flexibility index (Phi) is 10.4. The topological polar surface area (TPSA) is 95.6 Å². The highest BCUT2D eigenvalue weighted by Crippen LogP contribution is 2.27. The lowest BCUT2D eigenvalue weighted by atomic mass is 10.0. The highest BCUT2D eigenvalue weighted by molar-refractivity contribution is 7.89. The minimum Gasteiger partial charge on any atom is -0.354 e. The van der Waals surface area contributed by atoms with Crippen LogP contribution in [0.2, 0.25) is 10.0 Å². The molecule has 1 aromatic heterocycles. The van der Waals surface area contributed by atoms with Crippen LogP contribution in [-0.4, -0.2) is 50.7 Å². The fourth-order valence-corrected chi connectivity index (χ4v) is 6.71. The summed E-state index contributed by atoms with van der Waals surface area (Å²) in [5.74, 6) is -0.316. The molecule has 2 amide bonds. The van der Waals surface area contributed by atoms with Crippen molar-refractivity contribution >= 4 is 66.5 Å². The van der Waals surface area contributed by atoms with E-state index in [0.717, 1.165) is 10.1 Å². The minimum absolute atomic E-state index is 0.000255. The number of fused-ring (bicyclic) bond motifs is 1. The smallest absolute Gasteiger partial charge is 0.262 e. The number of carbonyl (C=O) groups is 2. The summed E-state index contributed by atoms with van der Waals surface area (Å²) in [5, 5.41) is 7.18. The Morgan fingerprint density at radius 2 is 1.78 bits per heavy atom. The van der Waals surface area contributed by atoms with E-state index >= 15 is 0 Å². The van der Waals surface area contributed by atoms with Gasteiger partial charge in [0.25, 0.3) is 5.91 Å². The molecule has 0 spiro atoms. The maximum atomic E-state index is 12.9. The Morgan fingerprint density at radius 3 is 2.46 bits per heavy atom. The third-order valence-corrected chi connectivity index (χ3v) is 9.45. The molecule has 200 valence electrons. The molecule has 0 saturated carbocycles. The lowest BCUT2D eigenvalue weighted by Crippen LogP contribution is -2.47. The van der Waals surface area contributed by atoms with Crippen molar-refractivity contribution in [1.82, 2.24) is 14.9 Å². The summed E-state index contributed by atoms with van der Waals surface area (Å²) in [6.07, 6.45) is 1.61. The molecule has 1 heterocycles. The SMILES string of the molecule is CC(C)C[C@H](NC(=O)c1cc2ccccc2s1)C(=O)NCCCCN(C)S(=O)(=O)c1ccc(Cl)cc1Cl. The summed E-state index contributed by atoms with van der Waals surface area (Å²) in [6, 6.07) is 13.2. The van der Waals surface area contributed by atoms with E-state index in [1.54, 1.807) is 0 Å². The van der Waals surface area contributed by atoms with E-state index < -0.39 is 16.1 Å². The first kappa shape index (κ1) is 29.4. The summed E-state index contributed by atoms with van der Waals surface area (Å²) in [4.78, 5) is 26.3. The van der Waals surface area contributed by atoms with E-state index in [4.69, 9.17) is 23.2 Å². The van der Waals surface area contributed by atoms with Gasteiger partial charge in [-0.15, -0.1) is 11.3 Å². The van der Waals surface area contributed by atoms with E-state index in [1.165, 1.54) is 40.9 Å². The lowest BCUT2D eigenvalue weighted by Gasteiger charge is -2.20. The molecule has 11 heteroatoms. The predicted molar refractivity (Wildman–Crippen MR) is 151 cm³/mol. The van der Waals surface area contributed by atoms with Gasteiger partial charge in [0.1, 0.15) is 10.9 Å². The molecule has 0 aliphatic carbocycles. The first-order valence-corrected chi connectivity index (χ1v) is 15.0. The predicted octanol–water partition coefficient (Wildman–Crippen LogP) is 5.57. The van der Waals surface area contributed by atoms with Gasteiger partial charge in [-0.3, -0.25) is 9.59 Å². The standard InChI is InChI=1S/C26H31Cl2N3O4S2/c1-17(2)14-21(30-26(33)23-15-18-8-4-5-9-22(18)36-23)25(32)29-12-6-7-13-31(3)37(34,35)24-11-10-19(27)16-20(24)28/h4-5,8-11,15-17,21H,6-7,12-14H2,1-3H3,(H,29,32)(H,30,33)/t21-/m0/s1. The summed E-state index contributed by atoms with van der Waals surface area (Å²) in [5.41, 5.74) is 0. The van der Waals surface area contributed by atoms with Crippen molar-refractivity contribution in [2.45, 2.75) is 44.0 Å². The molecule has 2 N–H and O–H groups in total. The Balaban J connectivity index is 1.50. The molecule has 0 bridgehead atoms. The van der Waals surface area contributed by atoms with Crippen molar-refractivity contribution in [3.05, 3.63) is 63.5 Å². The van der Waals surface area contributed by atoms with Gasteiger partial charge in [0, 0.05) is 29.9 Å². The molecule has 7 nitrogen and oxygen atoms in total. The highest BCUT2D eigenvalue weighted by Gasteiger charge is 2.25. The first-order chi connectivity index (χ1) is 17.5. The van der Waals surface area contributed by atoms with Crippen molar-refractivity contribution in [3.63, 3.8) is 0 Å². The molecule has 1 atom stereocenters. The second-order valence-electron chi connectivity index (χ2n) is 9.20. The van der Waals surface area contributed by atoms with Crippen molar-refractivity contribution in [2.24, 2.45) is 5.92 Å². The quantitative estimate of drug-likeness (QED) is 0.272. The molecule has 2 aromatic carbocycles. The number of hydrogen-bond acceptors (Lipinski definition) is 5. The van der Waals surface area contributed by atoms with Crippen molar-refractivity contribution in [3.8, 4) is 0 Å². The molecular formula is C26H31Cl2N3O4S2. The number of halogens is 2. The molecule has 0 saturated heterocycles. The zero-order chi connectivity index (χ0) is 27.2. The largest absolute Gasteiger partial charge is 0.354 e. The van der Waals surface area contributed by atoms with Gasteiger partial charge in [-0.1, -0.05) is 55.2 Å². The van der Waals surface area contributed by atoms with Crippen molar-refractivity contribution in [2.75, 3.05) is 20.1 Å². The second-order valence-corrected chi connectivity index (χ2v) is 13.1. The monoisotopic (exact) mass is 583 g/mol. The van der Waals surface area contributed by atoms with Crippen LogP contribution in [0.5, 0.6) is 0 Å². The highest BCUT2D eigenvalue weighted by atomic mass is 35.5. The Labute approximate surface area is 232 Å². The molecule has 0 aliphatic heterocycles. The van der Waals surface area contributed by atoms with E-state index in [9.17, 15) is 18.0 Å². The average Bonchev–Trinajstić information content (AvgIpc) is 3.27. The number of amides is 2. The molecule has 0 unspecified atom stereocenters. The zero-order valence-electron chi connectivity index (χ0n) is 21.0. The fraction of sp³-hybridized carbons (Fsp3) is 0.385. The van der Waals surface area contributed by atoms with Crippen LogP contribution < -0.4 is 10.6 Å². The van der Waals surface area contributed by atoms with Gasteiger partial charge in [-0.25, -0.2) is 12.7 Å². The molecule has 3 rings (SSSR count). The molecule has 0 radical (unpaired) electrons. The number of hydrogen-bond donors (Lipinski definition) is 2. The van der Waals surface area contributed by atoms with Crippen LogP contribution in [0, 0.1) is 5.92 Å². The number of unbranched alkanes of at least 4 members (excludes halogenated alkanes) is 1. The number of rotatable bonds is 12. The molecule has 3 aromatic rings. The molecule has 0 fully saturated rings. The molecular weight excluding hydrogens is 553 g/mol. The Hall–Kier alpha value is -2.17. The maximum Gasteiger partial charge on any atom is 0.262 e. The van der Waals surface area contributed by atoms with E-state index in [0.29, 0.717) is 35.7 Å².